The standard InChI is InChI=1S/C17H17BrN2O4S/c1-3-20-15-8-7-14(10-16(15)24-17(20)21)25(22,23)19-11(2)12-5-4-6-13(18)9-12/h4-11,19H,3H2,1-2H3/t11-/m1/s1. The maximum absolute atomic E-state index is 12.7. The summed E-state index contributed by atoms with van der Waals surface area (Å²) in [6.07, 6.45) is 0. The minimum absolute atomic E-state index is 0.0545. The monoisotopic (exact) mass is 424 g/mol. The van der Waals surface area contributed by atoms with E-state index in [1.54, 1.807) is 13.0 Å². The van der Waals surface area contributed by atoms with Gasteiger partial charge in [-0.1, -0.05) is 28.1 Å². The number of aryl methyl sites for hydroxylation is 1. The van der Waals surface area contributed by atoms with E-state index < -0.39 is 21.8 Å². The lowest BCUT2D eigenvalue weighted by Crippen LogP contribution is -2.26. The number of sulfonamides is 1. The van der Waals surface area contributed by atoms with E-state index in [4.69, 9.17) is 4.42 Å². The molecule has 3 rings (SSSR count). The van der Waals surface area contributed by atoms with Crippen LogP contribution in [0, 0.1) is 0 Å². The van der Waals surface area contributed by atoms with E-state index in [0.29, 0.717) is 12.1 Å². The molecule has 0 saturated heterocycles. The largest absolute Gasteiger partial charge is 0.419 e. The molecular formula is C17H17BrN2O4S. The molecule has 132 valence electrons. The van der Waals surface area contributed by atoms with Gasteiger partial charge >= 0.3 is 5.76 Å². The Bertz CT molecular complexity index is 1090. The normalized spacial score (nSPS) is 13.2. The van der Waals surface area contributed by atoms with E-state index in [9.17, 15) is 13.2 Å². The number of benzene rings is 2. The van der Waals surface area contributed by atoms with Gasteiger partial charge in [0.2, 0.25) is 10.0 Å². The van der Waals surface area contributed by atoms with Crippen LogP contribution in [0.25, 0.3) is 11.1 Å². The fourth-order valence-corrected chi connectivity index (χ4v) is 4.32. The highest BCUT2D eigenvalue weighted by molar-refractivity contribution is 9.10. The predicted octanol–water partition coefficient (Wildman–Crippen LogP) is 3.42. The zero-order valence-electron chi connectivity index (χ0n) is 13.7. The van der Waals surface area contributed by atoms with E-state index in [-0.39, 0.29) is 10.5 Å². The summed E-state index contributed by atoms with van der Waals surface area (Å²) in [5.74, 6) is -0.498. The second kappa shape index (κ2) is 6.78. The molecule has 0 saturated carbocycles. The summed E-state index contributed by atoms with van der Waals surface area (Å²) >= 11 is 3.38. The molecule has 1 heterocycles. The highest BCUT2D eigenvalue weighted by Gasteiger charge is 2.20. The van der Waals surface area contributed by atoms with Crippen molar-refractivity contribution in [2.75, 3.05) is 0 Å². The third-order valence-corrected chi connectivity index (χ3v) is 5.98. The van der Waals surface area contributed by atoms with Crippen molar-refractivity contribution in [3.05, 3.63) is 63.1 Å². The van der Waals surface area contributed by atoms with Gasteiger partial charge in [0.05, 0.1) is 10.4 Å². The Morgan fingerprint density at radius 2 is 2.00 bits per heavy atom. The summed E-state index contributed by atoms with van der Waals surface area (Å²) in [4.78, 5) is 11.8. The first-order valence-electron chi connectivity index (χ1n) is 7.73. The Kier molecular flexibility index (Phi) is 4.86. The number of aromatic nitrogens is 1. The van der Waals surface area contributed by atoms with Crippen LogP contribution < -0.4 is 10.5 Å². The number of oxazole rings is 1. The highest BCUT2D eigenvalue weighted by atomic mass is 79.9. The lowest BCUT2D eigenvalue weighted by Gasteiger charge is -2.15. The van der Waals surface area contributed by atoms with Crippen molar-refractivity contribution >= 4 is 37.1 Å². The molecule has 0 amide bonds. The molecule has 0 aliphatic rings. The van der Waals surface area contributed by atoms with Crippen LogP contribution in [0.5, 0.6) is 0 Å². The van der Waals surface area contributed by atoms with Crippen LogP contribution in [0.15, 0.2) is 61.0 Å². The van der Waals surface area contributed by atoms with E-state index in [2.05, 4.69) is 20.7 Å². The number of halogens is 1. The van der Waals surface area contributed by atoms with Crippen molar-refractivity contribution in [2.24, 2.45) is 0 Å². The number of nitrogens with zero attached hydrogens (tertiary/aromatic N) is 1. The maximum Gasteiger partial charge on any atom is 0.419 e. The Morgan fingerprint density at radius 1 is 1.24 bits per heavy atom. The van der Waals surface area contributed by atoms with Crippen molar-refractivity contribution in [2.45, 2.75) is 31.3 Å². The number of hydrogen-bond donors (Lipinski definition) is 1. The van der Waals surface area contributed by atoms with Gasteiger partial charge in [-0.05, 0) is 43.7 Å². The summed E-state index contributed by atoms with van der Waals surface area (Å²) in [5, 5.41) is 0. The molecule has 0 aliphatic carbocycles. The van der Waals surface area contributed by atoms with Crippen molar-refractivity contribution in [1.29, 1.82) is 0 Å². The first-order valence-corrected chi connectivity index (χ1v) is 10.0. The van der Waals surface area contributed by atoms with Crippen molar-refractivity contribution in [3.8, 4) is 0 Å². The summed E-state index contributed by atoms with van der Waals surface area (Å²) < 4.78 is 35.4. The van der Waals surface area contributed by atoms with E-state index in [1.165, 1.54) is 16.7 Å². The first kappa shape index (κ1) is 17.9. The van der Waals surface area contributed by atoms with Crippen molar-refractivity contribution in [3.63, 3.8) is 0 Å². The summed E-state index contributed by atoms with van der Waals surface area (Å²) in [7, 11) is -3.76. The van der Waals surface area contributed by atoms with Crippen LogP contribution in [0.2, 0.25) is 0 Å². The molecule has 3 aromatic rings. The van der Waals surface area contributed by atoms with Gasteiger partial charge in [0.15, 0.2) is 5.58 Å². The molecule has 0 spiro atoms. The van der Waals surface area contributed by atoms with Gasteiger partial charge in [-0.2, -0.15) is 0 Å². The molecule has 0 radical (unpaired) electrons. The third-order valence-electron chi connectivity index (χ3n) is 3.95. The van der Waals surface area contributed by atoms with Gasteiger partial charge in [0.1, 0.15) is 0 Å². The fraction of sp³-hybridized carbons (Fsp3) is 0.235. The Balaban J connectivity index is 1.94. The molecule has 1 aromatic heterocycles. The van der Waals surface area contributed by atoms with Crippen LogP contribution in [0.3, 0.4) is 0 Å². The molecule has 6 nitrogen and oxygen atoms in total. The highest BCUT2D eigenvalue weighted by Crippen LogP contribution is 2.22. The van der Waals surface area contributed by atoms with Gasteiger partial charge < -0.3 is 4.42 Å². The zero-order chi connectivity index (χ0) is 18.2. The minimum atomic E-state index is -3.76. The molecule has 0 unspecified atom stereocenters. The molecule has 8 heteroatoms. The molecular weight excluding hydrogens is 408 g/mol. The van der Waals surface area contributed by atoms with Gasteiger partial charge in [-0.25, -0.2) is 17.9 Å². The van der Waals surface area contributed by atoms with Crippen molar-refractivity contribution < 1.29 is 12.8 Å². The van der Waals surface area contributed by atoms with Crippen LogP contribution in [-0.4, -0.2) is 13.0 Å². The summed E-state index contributed by atoms with van der Waals surface area (Å²) in [6.45, 7) is 4.05. The first-order chi connectivity index (χ1) is 11.8. The predicted molar refractivity (Wildman–Crippen MR) is 99.0 cm³/mol. The van der Waals surface area contributed by atoms with Crippen molar-refractivity contribution in [1.82, 2.24) is 9.29 Å². The quantitative estimate of drug-likeness (QED) is 0.679. The molecule has 1 atom stereocenters. The number of fused-ring (bicyclic) bond motifs is 1. The molecule has 0 fully saturated rings. The Morgan fingerprint density at radius 3 is 2.68 bits per heavy atom. The average molecular weight is 425 g/mol. The molecule has 25 heavy (non-hydrogen) atoms. The van der Waals surface area contributed by atoms with Crippen LogP contribution in [-0.2, 0) is 16.6 Å². The van der Waals surface area contributed by atoms with Crippen LogP contribution in [0.1, 0.15) is 25.5 Å². The molecule has 0 bridgehead atoms. The molecule has 0 aliphatic heterocycles. The van der Waals surface area contributed by atoms with Gasteiger partial charge in [0, 0.05) is 23.1 Å². The van der Waals surface area contributed by atoms with Gasteiger partial charge in [-0.15, -0.1) is 0 Å². The van der Waals surface area contributed by atoms with Gasteiger partial charge in [-0.3, -0.25) is 4.57 Å². The third kappa shape index (κ3) is 3.56. The lowest BCUT2D eigenvalue weighted by atomic mass is 10.1. The number of rotatable bonds is 5. The van der Waals surface area contributed by atoms with Crippen LogP contribution in [0.4, 0.5) is 0 Å². The molecule has 1 N–H and O–H groups in total. The summed E-state index contributed by atoms with van der Waals surface area (Å²) in [5.41, 5.74) is 1.67. The second-order valence-electron chi connectivity index (χ2n) is 5.64. The zero-order valence-corrected chi connectivity index (χ0v) is 16.1. The second-order valence-corrected chi connectivity index (χ2v) is 8.27. The maximum atomic E-state index is 12.7. The number of nitrogens with one attached hydrogen (secondary N) is 1. The van der Waals surface area contributed by atoms with Gasteiger partial charge in [0.25, 0.3) is 0 Å². The Labute approximate surface area is 153 Å². The Hall–Kier alpha value is -1.90. The average Bonchev–Trinajstić information content (AvgIpc) is 2.88. The summed E-state index contributed by atoms with van der Waals surface area (Å²) in [6, 6.07) is 11.4. The minimum Gasteiger partial charge on any atom is -0.408 e. The molecule has 2 aromatic carbocycles. The topological polar surface area (TPSA) is 81.3 Å². The fourth-order valence-electron chi connectivity index (χ4n) is 2.66. The van der Waals surface area contributed by atoms with Crippen LogP contribution >= 0.6 is 15.9 Å². The van der Waals surface area contributed by atoms with E-state index in [1.807, 2.05) is 31.2 Å². The SMILES string of the molecule is CCn1c(=O)oc2cc(S(=O)(=O)N[C@H](C)c3cccc(Br)c3)ccc21. The van der Waals surface area contributed by atoms with E-state index in [0.717, 1.165) is 10.0 Å². The number of hydrogen-bond acceptors (Lipinski definition) is 4. The lowest BCUT2D eigenvalue weighted by molar-refractivity contribution is 0.512. The smallest absolute Gasteiger partial charge is 0.408 e. The van der Waals surface area contributed by atoms with E-state index >= 15 is 0 Å².